The van der Waals surface area contributed by atoms with Crippen molar-refractivity contribution in [2.75, 3.05) is 0 Å². The van der Waals surface area contributed by atoms with E-state index in [4.69, 9.17) is 5.10 Å². The highest BCUT2D eigenvalue weighted by Crippen LogP contribution is 2.23. The minimum atomic E-state index is -0.257. The van der Waals surface area contributed by atoms with E-state index >= 15 is 0 Å². The molecule has 0 amide bonds. The molecule has 27 heavy (non-hydrogen) atoms. The lowest BCUT2D eigenvalue weighted by Gasteiger charge is -2.23. The van der Waals surface area contributed by atoms with Gasteiger partial charge >= 0.3 is 0 Å². The molecule has 0 aliphatic heterocycles. The Kier molecular flexibility index (Phi) is 4.69. The first-order valence-corrected chi connectivity index (χ1v) is 9.34. The molecule has 0 fully saturated rings. The van der Waals surface area contributed by atoms with E-state index < -0.39 is 0 Å². The van der Waals surface area contributed by atoms with Crippen LogP contribution in [0.3, 0.4) is 0 Å². The maximum Gasteiger partial charge on any atom is 0.195 e. The summed E-state index contributed by atoms with van der Waals surface area (Å²) in [5.41, 5.74) is 1.88. The normalized spacial score (nSPS) is 13.3. The van der Waals surface area contributed by atoms with Gasteiger partial charge in [-0.3, -0.25) is 0 Å². The van der Waals surface area contributed by atoms with Gasteiger partial charge < -0.3 is 0 Å². The number of H-pyrrole nitrogens is 1. The Morgan fingerprint density at radius 2 is 1.85 bits per heavy atom. The van der Waals surface area contributed by atoms with Crippen molar-refractivity contribution in [3.8, 4) is 0 Å². The SMILES string of the molecule is CC(C)(C)c1cc[n+](CC(C)(C)c2cnn(CC(C)(C)n3ccnn3)n2)[nH]1. The number of rotatable bonds is 6. The second kappa shape index (κ2) is 6.58. The zero-order valence-corrected chi connectivity index (χ0v) is 17.4. The van der Waals surface area contributed by atoms with E-state index in [0.29, 0.717) is 6.54 Å². The van der Waals surface area contributed by atoms with E-state index in [0.717, 1.165) is 12.2 Å². The van der Waals surface area contributed by atoms with Gasteiger partial charge in [-0.2, -0.15) is 20.1 Å². The van der Waals surface area contributed by atoms with Gasteiger partial charge in [0.1, 0.15) is 0 Å². The predicted octanol–water partition coefficient (Wildman–Crippen LogP) is 2.20. The molecule has 0 saturated carbocycles. The van der Waals surface area contributed by atoms with Crippen LogP contribution in [0.1, 0.15) is 59.9 Å². The van der Waals surface area contributed by atoms with Crippen molar-refractivity contribution in [2.45, 2.75) is 77.9 Å². The number of aromatic amines is 1. The topological polar surface area (TPSA) is 81.1 Å². The largest absolute Gasteiger partial charge is 0.245 e. The molecule has 1 N–H and O–H groups in total. The molecule has 8 nitrogen and oxygen atoms in total. The van der Waals surface area contributed by atoms with Crippen molar-refractivity contribution < 1.29 is 4.68 Å². The standard InChI is InChI=1S/C19H30N8/c1-17(2,3)15-8-10-25(22-15)13-18(4,5)16-12-21-27(23-16)14-19(6,7)26-11-9-20-24-26/h8-12H,13-14H2,1-7H3/p+1. The molecule has 3 aromatic heterocycles. The third kappa shape index (κ3) is 4.26. The molecule has 8 heteroatoms. The Bertz CT molecular complexity index is 877. The summed E-state index contributed by atoms with van der Waals surface area (Å²) in [6.07, 6.45) is 7.52. The fourth-order valence-corrected chi connectivity index (χ4v) is 3.04. The van der Waals surface area contributed by atoms with Crippen LogP contribution in [0, 0.1) is 0 Å². The Morgan fingerprint density at radius 1 is 1.11 bits per heavy atom. The average molecular weight is 372 g/mol. The smallest absolute Gasteiger partial charge is 0.195 e. The van der Waals surface area contributed by atoms with Crippen LogP contribution in [0.5, 0.6) is 0 Å². The maximum atomic E-state index is 4.75. The lowest BCUT2D eigenvalue weighted by Crippen LogP contribution is -2.45. The molecular formula is C19H31N8+. The molecule has 3 heterocycles. The Morgan fingerprint density at radius 3 is 2.44 bits per heavy atom. The first-order valence-electron chi connectivity index (χ1n) is 9.34. The number of nitrogens with one attached hydrogen (secondary N) is 1. The van der Waals surface area contributed by atoms with Gasteiger partial charge in [-0.05, 0) is 27.7 Å². The van der Waals surface area contributed by atoms with Crippen molar-refractivity contribution >= 4 is 0 Å². The molecule has 3 aromatic rings. The van der Waals surface area contributed by atoms with Gasteiger partial charge in [0.25, 0.3) is 0 Å². The highest BCUT2D eigenvalue weighted by molar-refractivity contribution is 5.09. The number of hydrogen-bond donors (Lipinski definition) is 1. The van der Waals surface area contributed by atoms with Crippen molar-refractivity contribution in [1.82, 2.24) is 35.1 Å². The third-order valence-corrected chi connectivity index (χ3v) is 4.86. The summed E-state index contributed by atoms with van der Waals surface area (Å²) in [5, 5.41) is 20.7. The summed E-state index contributed by atoms with van der Waals surface area (Å²) in [4.78, 5) is 1.75. The zero-order chi connectivity index (χ0) is 19.9. The Hall–Kier alpha value is -2.51. The van der Waals surface area contributed by atoms with Gasteiger partial charge in [0.05, 0.1) is 41.3 Å². The first-order chi connectivity index (χ1) is 12.5. The monoisotopic (exact) mass is 371 g/mol. The van der Waals surface area contributed by atoms with Crippen LogP contribution in [0.2, 0.25) is 0 Å². The van der Waals surface area contributed by atoms with Crippen LogP contribution in [0.4, 0.5) is 0 Å². The summed E-state index contributed by atoms with van der Waals surface area (Å²) in [6.45, 7) is 16.6. The molecule has 0 aliphatic carbocycles. The predicted molar refractivity (Wildman–Crippen MR) is 102 cm³/mol. The van der Waals surface area contributed by atoms with E-state index in [2.05, 4.69) is 85.9 Å². The second-order valence-electron chi connectivity index (χ2n) is 9.52. The molecule has 3 rings (SSSR count). The average Bonchev–Trinajstić information content (AvgIpc) is 3.27. The van der Waals surface area contributed by atoms with Crippen molar-refractivity contribution in [1.29, 1.82) is 0 Å². The van der Waals surface area contributed by atoms with E-state index in [-0.39, 0.29) is 16.4 Å². The van der Waals surface area contributed by atoms with Crippen molar-refractivity contribution in [3.63, 3.8) is 0 Å². The molecule has 0 saturated heterocycles. The molecule has 0 atom stereocenters. The summed E-state index contributed by atoms with van der Waals surface area (Å²) in [5.74, 6) is 0. The lowest BCUT2D eigenvalue weighted by molar-refractivity contribution is -0.757. The molecule has 0 aliphatic rings. The highest BCUT2D eigenvalue weighted by atomic mass is 15.5. The van der Waals surface area contributed by atoms with E-state index in [1.54, 1.807) is 11.0 Å². The van der Waals surface area contributed by atoms with Gasteiger partial charge in [0.15, 0.2) is 12.7 Å². The first kappa shape index (κ1) is 19.3. The number of aromatic nitrogens is 8. The van der Waals surface area contributed by atoms with Gasteiger partial charge in [-0.15, -0.1) is 9.78 Å². The molecule has 0 aromatic carbocycles. The molecule has 146 valence electrons. The minimum absolute atomic E-state index is 0.103. The van der Waals surface area contributed by atoms with Crippen LogP contribution >= 0.6 is 0 Å². The van der Waals surface area contributed by atoms with Gasteiger partial charge in [-0.25, -0.2) is 4.68 Å². The summed E-state index contributed by atoms with van der Waals surface area (Å²) >= 11 is 0. The zero-order valence-electron chi connectivity index (χ0n) is 17.4. The molecule has 0 radical (unpaired) electrons. The third-order valence-electron chi connectivity index (χ3n) is 4.86. The Labute approximate surface area is 160 Å². The summed E-state index contributed by atoms with van der Waals surface area (Å²) < 4.78 is 3.96. The molecule has 0 bridgehead atoms. The highest BCUT2D eigenvalue weighted by Gasteiger charge is 2.32. The maximum absolute atomic E-state index is 4.75. The van der Waals surface area contributed by atoms with Crippen LogP contribution in [-0.2, 0) is 29.5 Å². The van der Waals surface area contributed by atoms with Gasteiger partial charge in [-0.1, -0.05) is 26.0 Å². The minimum Gasteiger partial charge on any atom is -0.245 e. The molecule has 0 unspecified atom stereocenters. The fraction of sp³-hybridized carbons (Fsp3) is 0.632. The van der Waals surface area contributed by atoms with Crippen LogP contribution in [0.15, 0.2) is 30.9 Å². The van der Waals surface area contributed by atoms with Crippen LogP contribution in [0.25, 0.3) is 0 Å². The van der Waals surface area contributed by atoms with Gasteiger partial charge in [0.2, 0.25) is 0 Å². The van der Waals surface area contributed by atoms with E-state index in [1.165, 1.54) is 5.69 Å². The second-order valence-corrected chi connectivity index (χ2v) is 9.52. The quantitative estimate of drug-likeness (QED) is 0.674. The van der Waals surface area contributed by atoms with Crippen molar-refractivity contribution in [3.05, 3.63) is 42.2 Å². The van der Waals surface area contributed by atoms with E-state index in [9.17, 15) is 0 Å². The summed E-state index contributed by atoms with van der Waals surface area (Å²) in [7, 11) is 0. The van der Waals surface area contributed by atoms with Crippen LogP contribution < -0.4 is 4.68 Å². The Balaban J connectivity index is 1.73. The molecule has 0 spiro atoms. The fourth-order valence-electron chi connectivity index (χ4n) is 3.04. The lowest BCUT2D eigenvalue weighted by atomic mass is 9.90. The van der Waals surface area contributed by atoms with Crippen LogP contribution in [-0.4, -0.2) is 35.1 Å². The van der Waals surface area contributed by atoms with Crippen molar-refractivity contribution in [2.24, 2.45) is 0 Å². The number of nitrogens with zero attached hydrogens (tertiary/aromatic N) is 7. The number of hydrogen-bond acceptors (Lipinski definition) is 4. The summed E-state index contributed by atoms with van der Waals surface area (Å²) in [6, 6.07) is 2.15. The van der Waals surface area contributed by atoms with Gasteiger partial charge in [0, 0.05) is 17.7 Å². The van der Waals surface area contributed by atoms with E-state index in [1.807, 2.05) is 17.1 Å². The molecular weight excluding hydrogens is 340 g/mol.